The molecule has 0 unspecified atom stereocenters. The van der Waals surface area contributed by atoms with E-state index in [1.54, 1.807) is 13.2 Å². The molecule has 7 heteroatoms. The summed E-state index contributed by atoms with van der Waals surface area (Å²) in [5, 5.41) is 2.80. The highest BCUT2D eigenvalue weighted by Crippen LogP contribution is 2.29. The van der Waals surface area contributed by atoms with Crippen molar-refractivity contribution in [3.63, 3.8) is 0 Å². The van der Waals surface area contributed by atoms with Gasteiger partial charge < -0.3 is 10.1 Å². The molecule has 3 rings (SSSR count). The number of ether oxygens (including phenoxy) is 1. The van der Waals surface area contributed by atoms with Crippen LogP contribution in [0.15, 0.2) is 72.8 Å². The van der Waals surface area contributed by atoms with Gasteiger partial charge in [-0.25, -0.2) is 13.1 Å². The lowest BCUT2D eigenvalue weighted by Crippen LogP contribution is -2.34. The molecule has 31 heavy (non-hydrogen) atoms. The number of carbonyl (C=O) groups is 1. The second-order valence-corrected chi connectivity index (χ2v) is 9.07. The third kappa shape index (κ3) is 6.41. The minimum absolute atomic E-state index is 0.0758. The van der Waals surface area contributed by atoms with Gasteiger partial charge in [0.2, 0.25) is 15.9 Å². The van der Waals surface area contributed by atoms with Crippen LogP contribution >= 0.6 is 0 Å². The van der Waals surface area contributed by atoms with Crippen molar-refractivity contribution in [3.8, 4) is 16.9 Å². The van der Waals surface area contributed by atoms with E-state index in [1.165, 1.54) is 0 Å². The van der Waals surface area contributed by atoms with Crippen molar-refractivity contribution in [2.75, 3.05) is 24.7 Å². The zero-order chi connectivity index (χ0) is 22.3. The molecule has 3 aromatic carbocycles. The van der Waals surface area contributed by atoms with Crippen LogP contribution in [0.1, 0.15) is 11.1 Å². The molecule has 6 nitrogen and oxygen atoms in total. The first-order valence-electron chi connectivity index (χ1n) is 9.93. The molecular formula is C24H26N2O4S. The highest BCUT2D eigenvalue weighted by atomic mass is 32.2. The number of rotatable bonds is 9. The lowest BCUT2D eigenvalue weighted by molar-refractivity contribution is -0.115. The van der Waals surface area contributed by atoms with Crippen LogP contribution < -0.4 is 14.8 Å². The van der Waals surface area contributed by atoms with Gasteiger partial charge in [-0.2, -0.15) is 0 Å². The molecule has 0 bridgehead atoms. The maximum absolute atomic E-state index is 12.4. The maximum atomic E-state index is 12.4. The van der Waals surface area contributed by atoms with E-state index in [0.717, 1.165) is 28.0 Å². The van der Waals surface area contributed by atoms with Crippen molar-refractivity contribution in [2.24, 2.45) is 0 Å². The third-order valence-electron chi connectivity index (χ3n) is 4.96. The fourth-order valence-electron chi connectivity index (χ4n) is 3.19. The second kappa shape index (κ2) is 10.2. The number of anilines is 1. The summed E-state index contributed by atoms with van der Waals surface area (Å²) < 4.78 is 32.2. The topological polar surface area (TPSA) is 84.5 Å². The number of nitrogens with one attached hydrogen (secondary N) is 2. The monoisotopic (exact) mass is 438 g/mol. The van der Waals surface area contributed by atoms with Gasteiger partial charge in [-0.1, -0.05) is 54.6 Å². The average Bonchev–Trinajstić information content (AvgIpc) is 2.78. The average molecular weight is 439 g/mol. The van der Waals surface area contributed by atoms with Crippen LogP contribution in [0.2, 0.25) is 0 Å². The van der Waals surface area contributed by atoms with Gasteiger partial charge in [-0.3, -0.25) is 4.79 Å². The predicted molar refractivity (Wildman–Crippen MR) is 124 cm³/mol. The van der Waals surface area contributed by atoms with E-state index in [0.29, 0.717) is 12.1 Å². The van der Waals surface area contributed by atoms with E-state index < -0.39 is 15.9 Å². The van der Waals surface area contributed by atoms with Gasteiger partial charge in [0.1, 0.15) is 5.75 Å². The summed E-state index contributed by atoms with van der Waals surface area (Å²) >= 11 is 0. The number of hydrogen-bond donors (Lipinski definition) is 2. The van der Waals surface area contributed by atoms with Gasteiger partial charge in [0.25, 0.3) is 0 Å². The number of methoxy groups -OCH3 is 1. The largest absolute Gasteiger partial charge is 0.497 e. The lowest BCUT2D eigenvalue weighted by Gasteiger charge is -2.13. The van der Waals surface area contributed by atoms with Gasteiger partial charge >= 0.3 is 0 Å². The maximum Gasteiger partial charge on any atom is 0.239 e. The van der Waals surface area contributed by atoms with E-state index >= 15 is 0 Å². The summed E-state index contributed by atoms with van der Waals surface area (Å²) in [4.78, 5) is 12.4. The fourth-order valence-corrected chi connectivity index (χ4v) is 4.18. The Balaban J connectivity index is 1.60. The Hall–Kier alpha value is -3.16. The highest BCUT2D eigenvalue weighted by molar-refractivity contribution is 7.89. The molecule has 0 radical (unpaired) electrons. The predicted octanol–water partition coefficient (Wildman–Crippen LogP) is 3.77. The van der Waals surface area contributed by atoms with Crippen molar-refractivity contribution in [1.82, 2.24) is 4.72 Å². The quantitative estimate of drug-likeness (QED) is 0.533. The number of hydrogen-bond acceptors (Lipinski definition) is 4. The van der Waals surface area contributed by atoms with E-state index in [-0.39, 0.29) is 12.3 Å². The smallest absolute Gasteiger partial charge is 0.239 e. The van der Waals surface area contributed by atoms with Crippen LogP contribution in [0, 0.1) is 6.92 Å². The normalized spacial score (nSPS) is 11.2. The summed E-state index contributed by atoms with van der Waals surface area (Å²) in [6.07, 6.45) is 0.393. The Labute approximate surface area is 183 Å². The number of aryl methyl sites for hydroxylation is 2. The number of sulfonamides is 1. The Bertz CT molecular complexity index is 1140. The first-order valence-corrected chi connectivity index (χ1v) is 11.6. The molecule has 0 heterocycles. The van der Waals surface area contributed by atoms with Crippen LogP contribution in [0.5, 0.6) is 5.75 Å². The number of carbonyl (C=O) groups excluding carboxylic acids is 1. The summed E-state index contributed by atoms with van der Waals surface area (Å²) in [5.41, 5.74) is 4.38. The molecule has 0 aliphatic carbocycles. The third-order valence-corrected chi connectivity index (χ3v) is 6.28. The number of para-hydroxylation sites is 1. The minimum Gasteiger partial charge on any atom is -0.497 e. The molecule has 0 saturated heterocycles. The molecule has 0 atom stereocenters. The van der Waals surface area contributed by atoms with Crippen LogP contribution in [0.3, 0.4) is 0 Å². The van der Waals surface area contributed by atoms with Gasteiger partial charge in [-0.15, -0.1) is 0 Å². The minimum atomic E-state index is -3.58. The van der Waals surface area contributed by atoms with E-state index in [9.17, 15) is 13.2 Å². The first-order chi connectivity index (χ1) is 14.9. The number of amides is 1. The summed E-state index contributed by atoms with van der Waals surface area (Å²) in [7, 11) is -1.98. The molecule has 0 aliphatic heterocycles. The van der Waals surface area contributed by atoms with Crippen LogP contribution in [-0.2, 0) is 21.2 Å². The summed E-state index contributed by atoms with van der Waals surface area (Å²) in [6.45, 7) is 1.62. The van der Waals surface area contributed by atoms with E-state index in [4.69, 9.17) is 4.74 Å². The lowest BCUT2D eigenvalue weighted by atomic mass is 10.0. The SMILES string of the molecule is COc1ccc(-c2ccccc2NC(=O)CNS(=O)(=O)CCc2ccccc2C)cc1. The molecule has 0 fully saturated rings. The van der Waals surface area contributed by atoms with Crippen molar-refractivity contribution in [3.05, 3.63) is 83.9 Å². The molecular weight excluding hydrogens is 412 g/mol. The molecule has 0 aromatic heterocycles. The van der Waals surface area contributed by atoms with Crippen LogP contribution in [0.25, 0.3) is 11.1 Å². The van der Waals surface area contributed by atoms with E-state index in [2.05, 4.69) is 10.0 Å². The fraction of sp³-hybridized carbons (Fsp3) is 0.208. The summed E-state index contributed by atoms with van der Waals surface area (Å²) in [6, 6.07) is 22.5. The standard InChI is InChI=1S/C24H26N2O4S/c1-18-7-3-4-8-19(18)15-16-31(28,29)25-17-24(27)26-23-10-6-5-9-22(23)20-11-13-21(30-2)14-12-20/h3-14,25H,15-17H2,1-2H3,(H,26,27). The summed E-state index contributed by atoms with van der Waals surface area (Å²) in [5.74, 6) is 0.235. The van der Waals surface area contributed by atoms with Crippen LogP contribution in [-0.4, -0.2) is 33.7 Å². The zero-order valence-electron chi connectivity index (χ0n) is 17.6. The van der Waals surface area contributed by atoms with Gasteiger partial charge in [0.15, 0.2) is 0 Å². The Morgan fingerprint density at radius 3 is 2.32 bits per heavy atom. The van der Waals surface area contributed by atoms with Crippen molar-refractivity contribution in [1.29, 1.82) is 0 Å². The van der Waals surface area contributed by atoms with Crippen molar-refractivity contribution >= 4 is 21.6 Å². The van der Waals surface area contributed by atoms with Gasteiger partial charge in [-0.05, 0) is 48.2 Å². The second-order valence-electron chi connectivity index (χ2n) is 7.14. The van der Waals surface area contributed by atoms with Gasteiger partial charge in [0, 0.05) is 11.3 Å². The van der Waals surface area contributed by atoms with Crippen LogP contribution in [0.4, 0.5) is 5.69 Å². The molecule has 0 saturated carbocycles. The molecule has 1 amide bonds. The Morgan fingerprint density at radius 1 is 0.935 bits per heavy atom. The molecule has 3 aromatic rings. The van der Waals surface area contributed by atoms with Crippen molar-refractivity contribution in [2.45, 2.75) is 13.3 Å². The molecule has 0 aliphatic rings. The Kier molecular flexibility index (Phi) is 7.44. The molecule has 2 N–H and O–H groups in total. The number of benzene rings is 3. The molecule has 162 valence electrons. The Morgan fingerprint density at radius 2 is 1.61 bits per heavy atom. The molecule has 0 spiro atoms. The highest BCUT2D eigenvalue weighted by Gasteiger charge is 2.14. The first kappa shape index (κ1) is 22.5. The zero-order valence-corrected chi connectivity index (χ0v) is 18.4. The van der Waals surface area contributed by atoms with E-state index in [1.807, 2.05) is 73.7 Å². The van der Waals surface area contributed by atoms with Gasteiger partial charge in [0.05, 0.1) is 19.4 Å². The van der Waals surface area contributed by atoms with Crippen molar-refractivity contribution < 1.29 is 17.9 Å².